The van der Waals surface area contributed by atoms with Crippen molar-refractivity contribution >= 4 is 27.5 Å². The van der Waals surface area contributed by atoms with Crippen LogP contribution >= 0.6 is 0 Å². The van der Waals surface area contributed by atoms with Gasteiger partial charge in [-0.3, -0.25) is 0 Å². The van der Waals surface area contributed by atoms with Gasteiger partial charge < -0.3 is 0 Å². The highest BCUT2D eigenvalue weighted by molar-refractivity contribution is 5.95. The van der Waals surface area contributed by atoms with E-state index in [2.05, 4.69) is 231 Å². The fraction of sp³-hybridized carbons (Fsp3) is 0.246. The largest absolute Gasteiger partial charge is 0.124 e. The van der Waals surface area contributed by atoms with Gasteiger partial charge in [0.15, 0.2) is 0 Å². The molecule has 0 saturated carbocycles. The molecule has 61 heavy (non-hydrogen) atoms. The molecule has 0 aliphatic carbocycles. The lowest BCUT2D eigenvalue weighted by Crippen LogP contribution is -2.00. The first-order chi connectivity index (χ1) is 29.8. The molecule has 1 atom stereocenters. The Morgan fingerprint density at radius 1 is 0.557 bits per heavy atom. The summed E-state index contributed by atoms with van der Waals surface area (Å²) >= 11 is 0. The van der Waals surface area contributed by atoms with E-state index >= 15 is 0 Å². The summed E-state index contributed by atoms with van der Waals surface area (Å²) in [6.45, 7) is 31.8. The molecule has 0 radical (unpaired) electrons. The fourth-order valence-corrected chi connectivity index (χ4v) is 6.74. The van der Waals surface area contributed by atoms with E-state index in [0.717, 1.165) is 11.1 Å². The maximum atomic E-state index is 4.58. The summed E-state index contributed by atoms with van der Waals surface area (Å²) in [5.74, 6) is 0.356. The maximum absolute atomic E-state index is 4.58. The highest BCUT2D eigenvalue weighted by Crippen LogP contribution is 2.37. The van der Waals surface area contributed by atoms with Crippen molar-refractivity contribution in [3.63, 3.8) is 0 Å². The number of fused-ring (bicyclic) bond motifs is 1. The van der Waals surface area contributed by atoms with Crippen molar-refractivity contribution in [2.24, 2.45) is 0 Å². The lowest BCUT2D eigenvalue weighted by atomic mass is 9.84. The van der Waals surface area contributed by atoms with Gasteiger partial charge in [0.05, 0.1) is 0 Å². The highest BCUT2D eigenvalue weighted by Gasteiger charge is 2.16. The van der Waals surface area contributed by atoms with Crippen LogP contribution in [0, 0.1) is 26.7 Å². The van der Waals surface area contributed by atoms with Crippen molar-refractivity contribution in [3.8, 4) is 24.0 Å². The SMILES string of the molecule is C#C.C=C(/C=C(/c1ccc2ccccc2c1)c1ccc(/C(=C\C)c2ccc(C(C)/C=C\C=C/C)cc2)c(C)c1C)c1ccc(-c2ccccc2)cc1.CC.CC.CC.CCC. The molecule has 0 aliphatic rings. The van der Waals surface area contributed by atoms with Crippen molar-refractivity contribution in [1.82, 2.24) is 0 Å². The minimum Gasteiger partial charge on any atom is -0.124 e. The summed E-state index contributed by atoms with van der Waals surface area (Å²) in [6.07, 6.45) is 22.3. The molecule has 0 aliphatic heterocycles. The Balaban J connectivity index is 0.00000156. The smallest absolute Gasteiger partial charge is 0.000732 e. The summed E-state index contributed by atoms with van der Waals surface area (Å²) in [7, 11) is 0. The molecule has 0 heterocycles. The quantitative estimate of drug-likeness (QED) is 0.0955. The van der Waals surface area contributed by atoms with E-state index in [-0.39, 0.29) is 0 Å². The van der Waals surface area contributed by atoms with E-state index in [0.29, 0.717) is 5.92 Å². The van der Waals surface area contributed by atoms with Crippen LogP contribution < -0.4 is 0 Å². The summed E-state index contributed by atoms with van der Waals surface area (Å²) in [4.78, 5) is 0. The van der Waals surface area contributed by atoms with Gasteiger partial charge in [-0.1, -0.05) is 233 Å². The van der Waals surface area contributed by atoms with E-state index in [4.69, 9.17) is 0 Å². The minimum absolute atomic E-state index is 0.356. The summed E-state index contributed by atoms with van der Waals surface area (Å²) in [6, 6.07) is 48.3. The first kappa shape index (κ1) is 52.9. The van der Waals surface area contributed by atoms with Gasteiger partial charge in [-0.25, -0.2) is 0 Å². The standard InChI is InChI=1S/C50H46.C3H8.3C2H6.C2H2/c1-7-9-11-16-35(3)39-23-28-44(29-24-39)47(8-2)48-31-32-49(38(6)37(48)5)50(46-30-27-42-19-14-15-20-45(42)34-46)33-36(4)40-21-25-43(26-22-40)41-17-12-10-13-18-41;1-3-2;4*1-2/h7-35H,4H2,1-3,5-6H3;3H2,1-2H3;3*1-2H3;1-2H/b9-7-,16-11-,47-8-,50-33-;;;;;. The van der Waals surface area contributed by atoms with Crippen molar-refractivity contribution < 1.29 is 0 Å². The summed E-state index contributed by atoms with van der Waals surface area (Å²) in [5, 5.41) is 2.46. The van der Waals surface area contributed by atoms with Crippen molar-refractivity contribution in [3.05, 3.63) is 221 Å². The molecule has 1 unspecified atom stereocenters. The van der Waals surface area contributed by atoms with Crippen LogP contribution in [-0.2, 0) is 0 Å². The summed E-state index contributed by atoms with van der Waals surface area (Å²) < 4.78 is 0. The van der Waals surface area contributed by atoms with Gasteiger partial charge in [0, 0.05) is 0 Å². The first-order valence-electron chi connectivity index (χ1n) is 22.4. The second-order valence-corrected chi connectivity index (χ2v) is 13.7. The topological polar surface area (TPSA) is 0 Å². The van der Waals surface area contributed by atoms with Crippen LogP contribution in [0.2, 0.25) is 0 Å². The molecule has 0 heteroatoms. The van der Waals surface area contributed by atoms with Gasteiger partial charge in [-0.05, 0) is 129 Å². The average Bonchev–Trinajstić information content (AvgIpc) is 3.33. The zero-order chi connectivity index (χ0) is 45.7. The van der Waals surface area contributed by atoms with Gasteiger partial charge in [0.2, 0.25) is 0 Å². The van der Waals surface area contributed by atoms with Crippen LogP contribution in [0.5, 0.6) is 0 Å². The molecule has 318 valence electrons. The van der Waals surface area contributed by atoms with Crippen molar-refractivity contribution in [1.29, 1.82) is 0 Å². The molecular weight excluding hydrogens is 733 g/mol. The molecule has 0 nitrogen and oxygen atoms in total. The van der Waals surface area contributed by atoms with Gasteiger partial charge in [0.25, 0.3) is 0 Å². The monoisotopic (exact) mass is 807 g/mol. The molecule has 0 N–H and O–H groups in total. The van der Waals surface area contributed by atoms with E-state index in [1.54, 1.807) is 0 Å². The fourth-order valence-electron chi connectivity index (χ4n) is 6.74. The average molecular weight is 807 g/mol. The molecular formula is C61H74. The second kappa shape index (κ2) is 30.0. The molecule has 0 saturated heterocycles. The van der Waals surface area contributed by atoms with Gasteiger partial charge >= 0.3 is 0 Å². The van der Waals surface area contributed by atoms with Crippen LogP contribution in [-0.4, -0.2) is 0 Å². The second-order valence-electron chi connectivity index (χ2n) is 13.7. The molecule has 0 fully saturated rings. The number of benzene rings is 6. The normalized spacial score (nSPS) is 11.3. The predicted molar refractivity (Wildman–Crippen MR) is 279 cm³/mol. The van der Waals surface area contributed by atoms with E-state index in [1.165, 1.54) is 78.4 Å². The molecule has 0 spiro atoms. The van der Waals surface area contributed by atoms with Crippen molar-refractivity contribution in [2.45, 2.75) is 102 Å². The third kappa shape index (κ3) is 15.1. The van der Waals surface area contributed by atoms with Crippen LogP contribution in [0.25, 0.3) is 38.6 Å². The number of allylic oxidation sites excluding steroid dienone is 7. The zero-order valence-electron chi connectivity index (χ0n) is 39.8. The van der Waals surface area contributed by atoms with Crippen LogP contribution in [0.1, 0.15) is 133 Å². The Hall–Kier alpha value is -6.16. The third-order valence-electron chi connectivity index (χ3n) is 9.85. The number of terminal acetylenes is 1. The Bertz CT molecular complexity index is 2300. The van der Waals surface area contributed by atoms with Gasteiger partial charge in [-0.2, -0.15) is 0 Å². The Labute approximate surface area is 373 Å². The lowest BCUT2D eigenvalue weighted by Gasteiger charge is -2.20. The van der Waals surface area contributed by atoms with E-state index < -0.39 is 0 Å². The molecule has 0 amide bonds. The highest BCUT2D eigenvalue weighted by atomic mass is 14.2. The molecule has 0 bridgehead atoms. The Kier molecular flexibility index (Phi) is 26.0. The molecule has 6 aromatic carbocycles. The minimum atomic E-state index is 0.356. The number of hydrogen-bond donors (Lipinski definition) is 0. The first-order valence-corrected chi connectivity index (χ1v) is 22.4. The van der Waals surface area contributed by atoms with Gasteiger partial charge in [0.1, 0.15) is 0 Å². The van der Waals surface area contributed by atoms with Crippen LogP contribution in [0.15, 0.2) is 176 Å². The van der Waals surface area contributed by atoms with E-state index in [1.807, 2.05) is 48.5 Å². The summed E-state index contributed by atoms with van der Waals surface area (Å²) in [5.41, 5.74) is 15.7. The van der Waals surface area contributed by atoms with Crippen LogP contribution in [0.4, 0.5) is 0 Å². The van der Waals surface area contributed by atoms with Crippen molar-refractivity contribution in [2.75, 3.05) is 0 Å². The predicted octanol–water partition coefficient (Wildman–Crippen LogP) is 18.7. The Morgan fingerprint density at radius 3 is 1.57 bits per heavy atom. The lowest BCUT2D eigenvalue weighted by molar-refractivity contribution is 0.967. The van der Waals surface area contributed by atoms with Crippen LogP contribution in [0.3, 0.4) is 0 Å². The number of hydrogen-bond acceptors (Lipinski definition) is 0. The zero-order valence-corrected chi connectivity index (χ0v) is 39.8. The third-order valence-corrected chi connectivity index (χ3v) is 9.85. The molecule has 6 rings (SSSR count). The Morgan fingerprint density at radius 2 is 1.03 bits per heavy atom. The maximum Gasteiger partial charge on any atom is -0.000732 e. The van der Waals surface area contributed by atoms with E-state index in [9.17, 15) is 0 Å². The molecule has 6 aromatic rings. The molecule has 0 aromatic heterocycles. The van der Waals surface area contributed by atoms with Gasteiger partial charge in [-0.15, -0.1) is 12.8 Å². The number of rotatable bonds is 10.